The fourth-order valence-electron chi connectivity index (χ4n) is 3.42. The van der Waals surface area contributed by atoms with Gasteiger partial charge in [0, 0.05) is 5.56 Å². The molecule has 0 amide bonds. The quantitative estimate of drug-likeness (QED) is 0.452. The lowest BCUT2D eigenvalue weighted by molar-refractivity contribution is -0.138. The van der Waals surface area contributed by atoms with Crippen molar-refractivity contribution in [3.8, 4) is 0 Å². The standard InChI is InChI=1S/C21H22F3NO/c22-21(23,24)20-9-5-4-8-19(20)15-26-25-14-16-10-12-18(13-11-16)17-6-2-1-3-7-17/h4-5,8-14,17H,1-3,6-7,15H2. The molecule has 0 spiro atoms. The maximum absolute atomic E-state index is 12.9. The van der Waals surface area contributed by atoms with Crippen molar-refractivity contribution < 1.29 is 18.0 Å². The molecule has 5 heteroatoms. The molecule has 0 aromatic heterocycles. The van der Waals surface area contributed by atoms with E-state index in [1.165, 1.54) is 56.0 Å². The summed E-state index contributed by atoms with van der Waals surface area (Å²) in [6.45, 7) is -0.216. The van der Waals surface area contributed by atoms with Gasteiger partial charge in [0.15, 0.2) is 0 Å². The van der Waals surface area contributed by atoms with Crippen molar-refractivity contribution in [3.05, 3.63) is 70.8 Å². The second kappa shape index (κ2) is 8.39. The zero-order valence-corrected chi connectivity index (χ0v) is 14.5. The summed E-state index contributed by atoms with van der Waals surface area (Å²) in [5.41, 5.74) is 1.60. The summed E-state index contributed by atoms with van der Waals surface area (Å²) in [5.74, 6) is 0.643. The number of oxime groups is 1. The normalized spacial score (nSPS) is 16.1. The van der Waals surface area contributed by atoms with Crippen molar-refractivity contribution in [2.45, 2.75) is 50.8 Å². The molecule has 1 aliphatic carbocycles. The Hall–Kier alpha value is -2.30. The summed E-state index contributed by atoms with van der Waals surface area (Å²) in [4.78, 5) is 5.08. The molecule has 2 aromatic carbocycles. The number of hydrogen-bond acceptors (Lipinski definition) is 2. The van der Waals surface area contributed by atoms with Gasteiger partial charge < -0.3 is 4.84 Å². The average Bonchev–Trinajstić information content (AvgIpc) is 2.66. The van der Waals surface area contributed by atoms with Crippen LogP contribution in [-0.2, 0) is 17.6 Å². The Morgan fingerprint density at radius 3 is 2.35 bits per heavy atom. The Morgan fingerprint density at radius 1 is 0.962 bits per heavy atom. The predicted molar refractivity (Wildman–Crippen MR) is 96.1 cm³/mol. The first kappa shape index (κ1) is 18.5. The van der Waals surface area contributed by atoms with Crippen LogP contribution >= 0.6 is 0 Å². The third-order valence-corrected chi connectivity index (χ3v) is 4.83. The van der Waals surface area contributed by atoms with E-state index in [0.29, 0.717) is 5.92 Å². The molecule has 0 heterocycles. The Balaban J connectivity index is 1.56. The molecule has 0 bridgehead atoms. The maximum atomic E-state index is 12.9. The van der Waals surface area contributed by atoms with E-state index in [-0.39, 0.29) is 12.2 Å². The first-order valence-corrected chi connectivity index (χ1v) is 8.94. The zero-order chi connectivity index (χ0) is 18.4. The lowest BCUT2D eigenvalue weighted by Crippen LogP contribution is -2.09. The second-order valence-electron chi connectivity index (χ2n) is 6.66. The van der Waals surface area contributed by atoms with Gasteiger partial charge in [-0.2, -0.15) is 13.2 Å². The molecule has 0 unspecified atom stereocenters. The molecular formula is C21H22F3NO. The van der Waals surface area contributed by atoms with Crippen LogP contribution in [0.25, 0.3) is 0 Å². The van der Waals surface area contributed by atoms with Crippen LogP contribution in [0.15, 0.2) is 53.7 Å². The molecule has 1 aliphatic rings. The molecule has 0 saturated heterocycles. The lowest BCUT2D eigenvalue weighted by Gasteiger charge is -2.21. The minimum Gasteiger partial charge on any atom is -0.391 e. The second-order valence-corrected chi connectivity index (χ2v) is 6.66. The van der Waals surface area contributed by atoms with Crippen molar-refractivity contribution in [2.75, 3.05) is 0 Å². The highest BCUT2D eigenvalue weighted by Gasteiger charge is 2.32. The first-order chi connectivity index (χ1) is 12.5. The minimum atomic E-state index is -4.39. The lowest BCUT2D eigenvalue weighted by atomic mass is 9.84. The largest absolute Gasteiger partial charge is 0.416 e. The monoisotopic (exact) mass is 361 g/mol. The number of hydrogen-bond donors (Lipinski definition) is 0. The van der Waals surface area contributed by atoms with Crippen LogP contribution in [0.3, 0.4) is 0 Å². The molecule has 26 heavy (non-hydrogen) atoms. The van der Waals surface area contributed by atoms with Gasteiger partial charge in [-0.1, -0.05) is 66.9 Å². The molecule has 0 radical (unpaired) electrons. The molecule has 0 N–H and O–H groups in total. The van der Waals surface area contributed by atoms with Crippen LogP contribution < -0.4 is 0 Å². The predicted octanol–water partition coefficient (Wildman–Crippen LogP) is 6.30. The van der Waals surface area contributed by atoms with Crippen molar-refractivity contribution in [2.24, 2.45) is 5.16 Å². The van der Waals surface area contributed by atoms with Gasteiger partial charge in [-0.25, -0.2) is 0 Å². The maximum Gasteiger partial charge on any atom is 0.416 e. The highest BCUT2D eigenvalue weighted by atomic mass is 19.4. The van der Waals surface area contributed by atoms with Crippen LogP contribution in [0.2, 0.25) is 0 Å². The topological polar surface area (TPSA) is 21.6 Å². The summed E-state index contributed by atoms with van der Waals surface area (Å²) >= 11 is 0. The molecule has 1 fully saturated rings. The first-order valence-electron chi connectivity index (χ1n) is 8.94. The Kier molecular flexibility index (Phi) is 5.96. The number of rotatable bonds is 5. The number of halogens is 3. The summed E-state index contributed by atoms with van der Waals surface area (Å²) in [5, 5.41) is 3.81. The Morgan fingerprint density at radius 2 is 1.65 bits per heavy atom. The number of alkyl halides is 3. The van der Waals surface area contributed by atoms with Crippen LogP contribution in [0, 0.1) is 0 Å². The minimum absolute atomic E-state index is 0.0739. The highest BCUT2D eigenvalue weighted by Crippen LogP contribution is 2.33. The van der Waals surface area contributed by atoms with Gasteiger partial charge in [0.05, 0.1) is 11.8 Å². The average molecular weight is 361 g/mol. The Bertz CT molecular complexity index is 732. The molecular weight excluding hydrogens is 339 g/mol. The van der Waals surface area contributed by atoms with Gasteiger partial charge >= 0.3 is 6.18 Å². The van der Waals surface area contributed by atoms with E-state index in [1.807, 2.05) is 12.1 Å². The highest BCUT2D eigenvalue weighted by molar-refractivity contribution is 5.79. The van der Waals surface area contributed by atoms with Crippen molar-refractivity contribution >= 4 is 6.21 Å². The van der Waals surface area contributed by atoms with Crippen LogP contribution in [-0.4, -0.2) is 6.21 Å². The van der Waals surface area contributed by atoms with Crippen molar-refractivity contribution in [1.82, 2.24) is 0 Å². The van der Waals surface area contributed by atoms with E-state index in [1.54, 1.807) is 6.07 Å². The SMILES string of the molecule is FC(F)(F)c1ccccc1CON=Cc1ccc(C2CCCCC2)cc1. The molecule has 3 rings (SSSR count). The smallest absolute Gasteiger partial charge is 0.391 e. The zero-order valence-electron chi connectivity index (χ0n) is 14.5. The van der Waals surface area contributed by atoms with E-state index < -0.39 is 11.7 Å². The number of benzene rings is 2. The van der Waals surface area contributed by atoms with E-state index >= 15 is 0 Å². The van der Waals surface area contributed by atoms with Gasteiger partial charge in [0.1, 0.15) is 6.61 Å². The molecule has 0 aliphatic heterocycles. The van der Waals surface area contributed by atoms with Gasteiger partial charge in [-0.15, -0.1) is 0 Å². The van der Waals surface area contributed by atoms with E-state index in [0.717, 1.165) is 11.6 Å². The van der Waals surface area contributed by atoms with Gasteiger partial charge in [0.25, 0.3) is 0 Å². The van der Waals surface area contributed by atoms with Gasteiger partial charge in [0.2, 0.25) is 0 Å². The summed E-state index contributed by atoms with van der Waals surface area (Å²) in [6, 6.07) is 13.5. The summed E-state index contributed by atoms with van der Waals surface area (Å²) in [6.07, 6.45) is 3.54. The van der Waals surface area contributed by atoms with Gasteiger partial charge in [-0.05, 0) is 36.0 Å². The Labute approximate surface area is 151 Å². The molecule has 0 atom stereocenters. The van der Waals surface area contributed by atoms with E-state index in [4.69, 9.17) is 4.84 Å². The van der Waals surface area contributed by atoms with Crippen LogP contribution in [0.4, 0.5) is 13.2 Å². The van der Waals surface area contributed by atoms with E-state index in [9.17, 15) is 13.2 Å². The molecule has 2 nitrogen and oxygen atoms in total. The van der Waals surface area contributed by atoms with Crippen LogP contribution in [0.5, 0.6) is 0 Å². The van der Waals surface area contributed by atoms with Crippen LogP contribution in [0.1, 0.15) is 60.3 Å². The van der Waals surface area contributed by atoms with Crippen molar-refractivity contribution in [3.63, 3.8) is 0 Å². The third kappa shape index (κ3) is 4.87. The third-order valence-electron chi connectivity index (χ3n) is 4.83. The van der Waals surface area contributed by atoms with Gasteiger partial charge in [-0.3, -0.25) is 0 Å². The summed E-state index contributed by atoms with van der Waals surface area (Å²) < 4.78 is 38.8. The molecule has 138 valence electrons. The molecule has 1 saturated carbocycles. The van der Waals surface area contributed by atoms with E-state index in [2.05, 4.69) is 17.3 Å². The fourth-order valence-corrected chi connectivity index (χ4v) is 3.42. The molecule has 2 aromatic rings. The number of nitrogens with zero attached hydrogens (tertiary/aromatic N) is 1. The fraction of sp³-hybridized carbons (Fsp3) is 0.381. The van der Waals surface area contributed by atoms with Crippen molar-refractivity contribution in [1.29, 1.82) is 0 Å². The summed E-state index contributed by atoms with van der Waals surface area (Å²) in [7, 11) is 0.